The molecule has 0 saturated carbocycles. The first kappa shape index (κ1) is 19.8. The lowest BCUT2D eigenvalue weighted by molar-refractivity contribution is -0.385. The van der Waals surface area contributed by atoms with Crippen LogP contribution in [0.25, 0.3) is 0 Å². The second-order valence-electron chi connectivity index (χ2n) is 7.48. The van der Waals surface area contributed by atoms with E-state index in [1.807, 2.05) is 27.7 Å². The summed E-state index contributed by atoms with van der Waals surface area (Å²) in [6.45, 7) is 8.83. The molecule has 26 heavy (non-hydrogen) atoms. The van der Waals surface area contributed by atoms with Gasteiger partial charge in [0, 0.05) is 37.0 Å². The Morgan fingerprint density at radius 1 is 1.31 bits per heavy atom. The number of nitro groups is 1. The van der Waals surface area contributed by atoms with E-state index in [4.69, 9.17) is 9.47 Å². The average Bonchev–Trinajstić information content (AvgIpc) is 2.53. The largest absolute Gasteiger partial charge is 0.490 e. The molecule has 1 heterocycles. The lowest BCUT2D eigenvalue weighted by atomic mass is 10.0. The minimum absolute atomic E-state index is 0.0322. The first-order valence-electron chi connectivity index (χ1n) is 8.68. The van der Waals surface area contributed by atoms with Gasteiger partial charge in [0.1, 0.15) is 5.60 Å². The molecule has 1 aromatic rings. The SMILES string of the molecule is COc1cc(N2CCC(NC(=O)OC(C)(C)C)CC2)c(C)cc1[N+](=O)[O-]. The number of hydrogen-bond acceptors (Lipinski definition) is 6. The van der Waals surface area contributed by atoms with Crippen LogP contribution in [0.3, 0.4) is 0 Å². The third-order valence-corrected chi connectivity index (χ3v) is 4.25. The third-order valence-electron chi connectivity index (χ3n) is 4.25. The van der Waals surface area contributed by atoms with E-state index in [1.165, 1.54) is 7.11 Å². The standard InChI is InChI=1S/C18H27N3O5/c1-12-10-15(21(23)24)16(25-5)11-14(12)20-8-6-13(7-9-20)19-17(22)26-18(2,3)4/h10-11,13H,6-9H2,1-5H3,(H,19,22). The molecule has 0 aromatic heterocycles. The summed E-state index contributed by atoms with van der Waals surface area (Å²) in [5.74, 6) is 0.254. The number of nitrogens with one attached hydrogen (secondary N) is 1. The van der Waals surface area contributed by atoms with Gasteiger partial charge in [-0.15, -0.1) is 0 Å². The summed E-state index contributed by atoms with van der Waals surface area (Å²) < 4.78 is 10.5. The van der Waals surface area contributed by atoms with Gasteiger partial charge in [-0.25, -0.2) is 4.79 Å². The van der Waals surface area contributed by atoms with Crippen LogP contribution in [-0.4, -0.2) is 42.9 Å². The van der Waals surface area contributed by atoms with Gasteiger partial charge in [0.15, 0.2) is 5.75 Å². The molecule has 0 unspecified atom stereocenters. The summed E-state index contributed by atoms with van der Waals surface area (Å²) in [6, 6.07) is 3.32. The molecule has 8 nitrogen and oxygen atoms in total. The Labute approximate surface area is 153 Å². The van der Waals surface area contributed by atoms with Crippen LogP contribution in [0.5, 0.6) is 5.75 Å². The van der Waals surface area contributed by atoms with E-state index in [0.717, 1.165) is 37.2 Å². The summed E-state index contributed by atoms with van der Waals surface area (Å²) in [4.78, 5) is 24.7. The molecule has 0 bridgehead atoms. The van der Waals surface area contributed by atoms with Gasteiger partial charge in [0.25, 0.3) is 0 Å². The molecule has 0 spiro atoms. The molecule has 0 aliphatic carbocycles. The van der Waals surface area contributed by atoms with Gasteiger partial charge >= 0.3 is 11.8 Å². The van der Waals surface area contributed by atoms with Crippen LogP contribution in [0, 0.1) is 17.0 Å². The van der Waals surface area contributed by atoms with Gasteiger partial charge in [-0.2, -0.15) is 0 Å². The Balaban J connectivity index is 2.02. The number of anilines is 1. The van der Waals surface area contributed by atoms with Gasteiger partial charge in [0.05, 0.1) is 12.0 Å². The number of carbonyl (C=O) groups is 1. The van der Waals surface area contributed by atoms with Gasteiger partial charge in [-0.3, -0.25) is 10.1 Å². The average molecular weight is 365 g/mol. The molecule has 0 atom stereocenters. The van der Waals surface area contributed by atoms with Crippen molar-refractivity contribution in [3.63, 3.8) is 0 Å². The number of nitrogens with zero attached hydrogens (tertiary/aromatic N) is 2. The molecule has 1 N–H and O–H groups in total. The maximum Gasteiger partial charge on any atom is 0.407 e. The van der Waals surface area contributed by atoms with E-state index in [2.05, 4.69) is 10.2 Å². The van der Waals surface area contributed by atoms with Crippen LogP contribution < -0.4 is 15.0 Å². The van der Waals surface area contributed by atoms with Gasteiger partial charge < -0.3 is 19.7 Å². The summed E-state index contributed by atoms with van der Waals surface area (Å²) in [6.07, 6.45) is 1.15. The van der Waals surface area contributed by atoms with Crippen LogP contribution >= 0.6 is 0 Å². The van der Waals surface area contributed by atoms with Crippen LogP contribution in [0.15, 0.2) is 12.1 Å². The Morgan fingerprint density at radius 2 is 1.92 bits per heavy atom. The number of amides is 1. The number of carbonyl (C=O) groups excluding carboxylic acids is 1. The highest BCUT2D eigenvalue weighted by molar-refractivity contribution is 5.68. The lowest BCUT2D eigenvalue weighted by Crippen LogP contribution is -2.46. The van der Waals surface area contributed by atoms with Crippen molar-refractivity contribution in [1.82, 2.24) is 5.32 Å². The Kier molecular flexibility index (Phi) is 5.94. The normalized spacial score (nSPS) is 15.5. The number of rotatable bonds is 4. The smallest absolute Gasteiger partial charge is 0.407 e. The van der Waals surface area contributed by atoms with Crippen molar-refractivity contribution in [2.75, 3.05) is 25.1 Å². The van der Waals surface area contributed by atoms with Crippen molar-refractivity contribution in [2.45, 2.75) is 52.2 Å². The lowest BCUT2D eigenvalue weighted by Gasteiger charge is -2.35. The zero-order valence-corrected chi connectivity index (χ0v) is 16.0. The van der Waals surface area contributed by atoms with E-state index < -0.39 is 16.6 Å². The van der Waals surface area contributed by atoms with E-state index in [0.29, 0.717) is 0 Å². The van der Waals surface area contributed by atoms with E-state index in [1.54, 1.807) is 12.1 Å². The molecule has 1 fully saturated rings. The fourth-order valence-corrected chi connectivity index (χ4v) is 3.05. The van der Waals surface area contributed by atoms with Crippen molar-refractivity contribution in [2.24, 2.45) is 0 Å². The molecule has 1 aliphatic heterocycles. The number of hydrogen-bond donors (Lipinski definition) is 1. The second kappa shape index (κ2) is 7.80. The number of aryl methyl sites for hydroxylation is 1. The number of methoxy groups -OCH3 is 1. The van der Waals surface area contributed by atoms with Gasteiger partial charge in [-0.1, -0.05) is 0 Å². The van der Waals surface area contributed by atoms with Crippen molar-refractivity contribution in [3.8, 4) is 5.75 Å². The zero-order valence-electron chi connectivity index (χ0n) is 16.0. The first-order valence-corrected chi connectivity index (χ1v) is 8.68. The van der Waals surface area contributed by atoms with Crippen LogP contribution in [0.2, 0.25) is 0 Å². The maximum atomic E-state index is 11.9. The predicted octanol–water partition coefficient (Wildman–Crippen LogP) is 3.41. The topological polar surface area (TPSA) is 93.9 Å². The van der Waals surface area contributed by atoms with Gasteiger partial charge in [0.2, 0.25) is 0 Å². The quantitative estimate of drug-likeness (QED) is 0.649. The fraction of sp³-hybridized carbons (Fsp3) is 0.611. The van der Waals surface area contributed by atoms with E-state index in [-0.39, 0.29) is 17.5 Å². The molecule has 0 radical (unpaired) electrons. The van der Waals surface area contributed by atoms with Crippen LogP contribution in [-0.2, 0) is 4.74 Å². The maximum absolute atomic E-state index is 11.9. The Hall–Kier alpha value is -2.51. The van der Waals surface area contributed by atoms with E-state index >= 15 is 0 Å². The van der Waals surface area contributed by atoms with Crippen molar-refractivity contribution >= 4 is 17.5 Å². The highest BCUT2D eigenvalue weighted by Gasteiger charge is 2.26. The third kappa shape index (κ3) is 5.00. The fourth-order valence-electron chi connectivity index (χ4n) is 3.05. The Morgan fingerprint density at radius 3 is 2.42 bits per heavy atom. The molecule has 2 rings (SSSR count). The molecule has 8 heteroatoms. The zero-order chi connectivity index (χ0) is 19.5. The summed E-state index contributed by atoms with van der Waals surface area (Å²) in [5.41, 5.74) is 1.20. The minimum atomic E-state index is -0.517. The van der Waals surface area contributed by atoms with Gasteiger partial charge in [-0.05, 0) is 46.1 Å². The number of benzene rings is 1. The van der Waals surface area contributed by atoms with Crippen molar-refractivity contribution < 1.29 is 19.2 Å². The summed E-state index contributed by atoms with van der Waals surface area (Å²) >= 11 is 0. The highest BCUT2D eigenvalue weighted by Crippen LogP contribution is 2.35. The molecule has 1 aliphatic rings. The number of nitro benzene ring substituents is 1. The van der Waals surface area contributed by atoms with Crippen LogP contribution in [0.1, 0.15) is 39.2 Å². The summed E-state index contributed by atoms with van der Waals surface area (Å²) in [7, 11) is 1.43. The molecule has 1 aromatic carbocycles. The van der Waals surface area contributed by atoms with Crippen molar-refractivity contribution in [1.29, 1.82) is 0 Å². The van der Waals surface area contributed by atoms with Crippen molar-refractivity contribution in [3.05, 3.63) is 27.8 Å². The minimum Gasteiger partial charge on any atom is -0.490 e. The van der Waals surface area contributed by atoms with Crippen LogP contribution in [0.4, 0.5) is 16.2 Å². The number of alkyl carbamates (subject to hydrolysis) is 1. The highest BCUT2D eigenvalue weighted by atomic mass is 16.6. The molecule has 144 valence electrons. The monoisotopic (exact) mass is 365 g/mol. The number of piperidine rings is 1. The Bertz CT molecular complexity index is 676. The summed E-state index contributed by atoms with van der Waals surface area (Å²) in [5, 5.41) is 14.0. The predicted molar refractivity (Wildman–Crippen MR) is 99.0 cm³/mol. The molecule has 1 amide bonds. The molecular formula is C18H27N3O5. The first-order chi connectivity index (χ1) is 12.1. The van der Waals surface area contributed by atoms with E-state index in [9.17, 15) is 14.9 Å². The number of ether oxygens (including phenoxy) is 2. The second-order valence-corrected chi connectivity index (χ2v) is 7.48. The molecule has 1 saturated heterocycles. The molecular weight excluding hydrogens is 338 g/mol.